The van der Waals surface area contributed by atoms with E-state index >= 15 is 0 Å². The number of carbonyl (C=O) groups is 1. The molecule has 1 amide bonds. The maximum absolute atomic E-state index is 12.6. The number of rotatable bonds is 1. The molecule has 0 radical (unpaired) electrons. The maximum atomic E-state index is 12.6. The first-order valence-corrected chi connectivity index (χ1v) is 9.74. The Morgan fingerprint density at radius 3 is 2.30 bits per heavy atom. The zero-order valence-electron chi connectivity index (χ0n) is 11.5. The van der Waals surface area contributed by atoms with E-state index in [1.807, 2.05) is 11.0 Å². The quantitative estimate of drug-likeness (QED) is 0.590. The molecule has 0 unspecified atom stereocenters. The molecule has 1 aliphatic carbocycles. The van der Waals surface area contributed by atoms with Crippen LogP contribution in [0.5, 0.6) is 0 Å². The van der Waals surface area contributed by atoms with Crippen molar-refractivity contribution in [1.29, 1.82) is 0 Å². The standard InChI is InChI=1S/C15H19Br2NOS/c16-12-10-11(13(17)20-12)14(19)18-8-6-15(7-9-18)4-2-1-3-5-15/h10H,1-9H2. The van der Waals surface area contributed by atoms with Crippen molar-refractivity contribution < 1.29 is 4.79 Å². The average Bonchev–Trinajstić information content (AvgIpc) is 2.79. The Kier molecular flexibility index (Phi) is 4.58. The first-order valence-electron chi connectivity index (χ1n) is 7.34. The Morgan fingerprint density at radius 1 is 1.10 bits per heavy atom. The van der Waals surface area contributed by atoms with Crippen molar-refractivity contribution >= 4 is 49.1 Å². The van der Waals surface area contributed by atoms with E-state index in [2.05, 4.69) is 31.9 Å². The van der Waals surface area contributed by atoms with Crippen LogP contribution in [0.3, 0.4) is 0 Å². The van der Waals surface area contributed by atoms with Gasteiger partial charge < -0.3 is 4.90 Å². The van der Waals surface area contributed by atoms with Crippen LogP contribution < -0.4 is 0 Å². The smallest absolute Gasteiger partial charge is 0.255 e. The summed E-state index contributed by atoms with van der Waals surface area (Å²) in [5, 5.41) is 0. The van der Waals surface area contributed by atoms with Gasteiger partial charge in [0, 0.05) is 13.1 Å². The Balaban J connectivity index is 1.66. The molecule has 1 spiro atoms. The highest BCUT2D eigenvalue weighted by Crippen LogP contribution is 2.45. The number of carbonyl (C=O) groups excluding carboxylic acids is 1. The molecule has 2 fully saturated rings. The summed E-state index contributed by atoms with van der Waals surface area (Å²) in [4.78, 5) is 14.6. The molecule has 1 saturated heterocycles. The average molecular weight is 421 g/mol. The van der Waals surface area contributed by atoms with Crippen LogP contribution in [0.1, 0.15) is 55.3 Å². The number of likely N-dealkylation sites (tertiary alicyclic amines) is 1. The van der Waals surface area contributed by atoms with E-state index in [0.717, 1.165) is 26.2 Å². The number of piperidine rings is 1. The number of thiophene rings is 1. The molecule has 110 valence electrons. The number of hydrogen-bond acceptors (Lipinski definition) is 2. The van der Waals surface area contributed by atoms with Gasteiger partial charge in [0.15, 0.2) is 0 Å². The zero-order valence-corrected chi connectivity index (χ0v) is 15.4. The summed E-state index contributed by atoms with van der Waals surface area (Å²) in [6, 6.07) is 1.93. The summed E-state index contributed by atoms with van der Waals surface area (Å²) in [6.45, 7) is 1.86. The van der Waals surface area contributed by atoms with Crippen LogP contribution in [0, 0.1) is 5.41 Å². The lowest BCUT2D eigenvalue weighted by molar-refractivity contribution is 0.0472. The van der Waals surface area contributed by atoms with Crippen LogP contribution in [-0.4, -0.2) is 23.9 Å². The van der Waals surface area contributed by atoms with E-state index in [9.17, 15) is 4.79 Å². The van der Waals surface area contributed by atoms with Gasteiger partial charge in [-0.15, -0.1) is 11.3 Å². The zero-order chi connectivity index (χ0) is 14.2. The minimum absolute atomic E-state index is 0.185. The van der Waals surface area contributed by atoms with Crippen LogP contribution in [0.4, 0.5) is 0 Å². The van der Waals surface area contributed by atoms with Crippen molar-refractivity contribution in [2.75, 3.05) is 13.1 Å². The van der Waals surface area contributed by atoms with Gasteiger partial charge in [0.25, 0.3) is 5.91 Å². The van der Waals surface area contributed by atoms with Gasteiger partial charge in [-0.05, 0) is 69.0 Å². The molecule has 5 heteroatoms. The Labute approximate surface area is 141 Å². The molecule has 2 aliphatic rings. The molecule has 0 atom stereocenters. The summed E-state index contributed by atoms with van der Waals surface area (Å²) in [5.74, 6) is 0.185. The first-order chi connectivity index (χ1) is 9.60. The highest BCUT2D eigenvalue weighted by molar-refractivity contribution is 9.12. The van der Waals surface area contributed by atoms with Gasteiger partial charge in [-0.3, -0.25) is 4.79 Å². The van der Waals surface area contributed by atoms with Gasteiger partial charge >= 0.3 is 0 Å². The maximum Gasteiger partial charge on any atom is 0.255 e. The second-order valence-electron chi connectivity index (χ2n) is 6.09. The SMILES string of the molecule is O=C(c1cc(Br)sc1Br)N1CCC2(CCCCC2)CC1. The normalized spacial score (nSPS) is 22.2. The van der Waals surface area contributed by atoms with Gasteiger partial charge in [0.1, 0.15) is 0 Å². The third-order valence-electron chi connectivity index (χ3n) is 4.91. The van der Waals surface area contributed by atoms with Gasteiger partial charge in [0.2, 0.25) is 0 Å². The third-order valence-corrected chi connectivity index (χ3v) is 7.25. The van der Waals surface area contributed by atoms with Gasteiger partial charge in [-0.2, -0.15) is 0 Å². The Hall–Kier alpha value is 0.130. The molecule has 2 heterocycles. The van der Waals surface area contributed by atoms with E-state index in [0.29, 0.717) is 5.41 Å². The minimum Gasteiger partial charge on any atom is -0.339 e. The molecule has 1 aromatic heterocycles. The summed E-state index contributed by atoms with van der Waals surface area (Å²) in [7, 11) is 0. The van der Waals surface area contributed by atoms with Crippen LogP contribution in [0.25, 0.3) is 0 Å². The number of amides is 1. The van der Waals surface area contributed by atoms with Gasteiger partial charge in [-0.25, -0.2) is 0 Å². The predicted octanol–water partition coefficient (Wildman–Crippen LogP) is 5.46. The lowest BCUT2D eigenvalue weighted by Gasteiger charge is -2.44. The second-order valence-corrected chi connectivity index (χ2v) is 9.84. The molecule has 20 heavy (non-hydrogen) atoms. The molecular formula is C15H19Br2NOS. The van der Waals surface area contributed by atoms with Gasteiger partial charge in [-0.1, -0.05) is 19.3 Å². The predicted molar refractivity (Wildman–Crippen MR) is 90.4 cm³/mol. The molecule has 0 N–H and O–H groups in total. The fraction of sp³-hybridized carbons (Fsp3) is 0.667. The summed E-state index contributed by atoms with van der Waals surface area (Å²) in [6.07, 6.45) is 9.32. The molecular weight excluding hydrogens is 402 g/mol. The topological polar surface area (TPSA) is 20.3 Å². The van der Waals surface area contributed by atoms with Crippen LogP contribution in [-0.2, 0) is 0 Å². The van der Waals surface area contributed by atoms with Crippen molar-refractivity contribution in [3.05, 3.63) is 19.2 Å². The molecule has 1 aliphatic heterocycles. The van der Waals surface area contributed by atoms with Crippen LogP contribution in [0.15, 0.2) is 13.6 Å². The summed E-state index contributed by atoms with van der Waals surface area (Å²) in [5.41, 5.74) is 1.36. The number of nitrogens with zero attached hydrogens (tertiary/aromatic N) is 1. The third kappa shape index (κ3) is 3.00. The largest absolute Gasteiger partial charge is 0.339 e. The van der Waals surface area contributed by atoms with E-state index in [1.54, 1.807) is 11.3 Å². The fourth-order valence-electron chi connectivity index (χ4n) is 3.64. The number of halogens is 2. The molecule has 2 nitrogen and oxygen atoms in total. The highest BCUT2D eigenvalue weighted by Gasteiger charge is 2.37. The van der Waals surface area contributed by atoms with Crippen LogP contribution >= 0.6 is 43.2 Å². The minimum atomic E-state index is 0.185. The van der Waals surface area contributed by atoms with Crippen molar-refractivity contribution in [2.24, 2.45) is 5.41 Å². The highest BCUT2D eigenvalue weighted by atomic mass is 79.9. The lowest BCUT2D eigenvalue weighted by Crippen LogP contribution is -2.43. The van der Waals surface area contributed by atoms with Crippen molar-refractivity contribution in [1.82, 2.24) is 4.90 Å². The van der Waals surface area contributed by atoms with E-state index in [4.69, 9.17) is 0 Å². The monoisotopic (exact) mass is 419 g/mol. The first kappa shape index (κ1) is 15.0. The Morgan fingerprint density at radius 2 is 1.75 bits per heavy atom. The van der Waals surface area contributed by atoms with Crippen molar-refractivity contribution in [3.8, 4) is 0 Å². The molecule has 1 saturated carbocycles. The summed E-state index contributed by atoms with van der Waals surface area (Å²) < 4.78 is 1.95. The molecule has 0 bridgehead atoms. The molecule has 0 aromatic carbocycles. The van der Waals surface area contributed by atoms with Gasteiger partial charge in [0.05, 0.1) is 13.1 Å². The van der Waals surface area contributed by atoms with Crippen LogP contribution in [0.2, 0.25) is 0 Å². The lowest BCUT2D eigenvalue weighted by atomic mass is 9.68. The second kappa shape index (κ2) is 6.09. The van der Waals surface area contributed by atoms with E-state index in [1.165, 1.54) is 44.9 Å². The summed E-state index contributed by atoms with van der Waals surface area (Å²) >= 11 is 8.51. The Bertz CT molecular complexity index is 498. The van der Waals surface area contributed by atoms with Crippen molar-refractivity contribution in [3.63, 3.8) is 0 Å². The number of hydrogen-bond donors (Lipinski definition) is 0. The van der Waals surface area contributed by atoms with E-state index < -0.39 is 0 Å². The van der Waals surface area contributed by atoms with Crippen molar-refractivity contribution in [2.45, 2.75) is 44.9 Å². The molecule has 1 aromatic rings. The fourth-order valence-corrected chi connectivity index (χ4v) is 6.42. The van der Waals surface area contributed by atoms with E-state index in [-0.39, 0.29) is 5.91 Å². The molecule has 3 rings (SSSR count).